The van der Waals surface area contributed by atoms with Crippen LogP contribution in [0.15, 0.2) is 60.8 Å². The zero-order valence-electron chi connectivity index (χ0n) is 16.8. The van der Waals surface area contributed by atoms with Crippen LogP contribution in [0.1, 0.15) is 22.9 Å². The maximum Gasteiger partial charge on any atom is 0.330 e. The van der Waals surface area contributed by atoms with Crippen molar-refractivity contribution in [3.05, 3.63) is 82.6 Å². The second kappa shape index (κ2) is 9.52. The average molecular weight is 428 g/mol. The number of benzene rings is 2. The fourth-order valence-corrected chi connectivity index (χ4v) is 3.41. The number of nitrogens with zero attached hydrogens (tertiary/aromatic N) is 1. The summed E-state index contributed by atoms with van der Waals surface area (Å²) in [6, 6.07) is 14.2. The molecule has 1 N–H and O–H groups in total. The number of ether oxygens (including phenoxy) is 3. The normalized spacial score (nSPS) is 12.0. The Hall–Kier alpha value is -3.22. The van der Waals surface area contributed by atoms with Crippen molar-refractivity contribution in [2.75, 3.05) is 21.3 Å². The van der Waals surface area contributed by atoms with Crippen LogP contribution in [0, 0.1) is 0 Å². The standard InChI is InChI=1S/C23H22ClNO5/c1-28-20-8-4-7-17(23(20)30-3)22(27)18-14-15(24)9-11-19(18)25-13-5-6-16(25)10-12-21(26)29-2/h4-14,22,27H,1-3H3. The smallest absolute Gasteiger partial charge is 0.330 e. The van der Waals surface area contributed by atoms with Crippen molar-refractivity contribution < 1.29 is 24.1 Å². The predicted molar refractivity (Wildman–Crippen MR) is 115 cm³/mol. The van der Waals surface area contributed by atoms with Gasteiger partial charge in [0.25, 0.3) is 0 Å². The predicted octanol–water partition coefficient (Wildman–Crippen LogP) is 4.42. The Balaban J connectivity index is 2.12. The number of aromatic nitrogens is 1. The Morgan fingerprint density at radius 1 is 1.07 bits per heavy atom. The van der Waals surface area contributed by atoms with Gasteiger partial charge in [0.15, 0.2) is 11.5 Å². The first-order valence-corrected chi connectivity index (χ1v) is 9.50. The number of rotatable bonds is 7. The molecule has 7 heteroatoms. The zero-order valence-corrected chi connectivity index (χ0v) is 17.6. The van der Waals surface area contributed by atoms with E-state index in [1.807, 2.05) is 29.0 Å². The molecule has 1 unspecified atom stereocenters. The summed E-state index contributed by atoms with van der Waals surface area (Å²) < 4.78 is 17.3. The second-order valence-electron chi connectivity index (χ2n) is 6.35. The Labute approximate surface area is 179 Å². The molecule has 30 heavy (non-hydrogen) atoms. The van der Waals surface area contributed by atoms with Crippen molar-refractivity contribution in [3.8, 4) is 17.2 Å². The molecule has 0 amide bonds. The van der Waals surface area contributed by atoms with E-state index >= 15 is 0 Å². The highest BCUT2D eigenvalue weighted by Gasteiger charge is 2.22. The molecule has 0 radical (unpaired) electrons. The van der Waals surface area contributed by atoms with E-state index in [2.05, 4.69) is 4.74 Å². The topological polar surface area (TPSA) is 69.9 Å². The highest BCUT2D eigenvalue weighted by molar-refractivity contribution is 6.30. The summed E-state index contributed by atoms with van der Waals surface area (Å²) in [5, 5.41) is 11.8. The lowest BCUT2D eigenvalue weighted by atomic mass is 9.98. The van der Waals surface area contributed by atoms with Gasteiger partial charge in [-0.25, -0.2) is 4.79 Å². The summed E-state index contributed by atoms with van der Waals surface area (Å²) in [6.45, 7) is 0. The number of halogens is 1. The summed E-state index contributed by atoms with van der Waals surface area (Å²) in [5.74, 6) is 0.497. The molecule has 1 atom stereocenters. The lowest BCUT2D eigenvalue weighted by Gasteiger charge is -2.21. The van der Waals surface area contributed by atoms with Crippen molar-refractivity contribution in [1.82, 2.24) is 4.57 Å². The number of hydrogen-bond donors (Lipinski definition) is 1. The van der Waals surface area contributed by atoms with Crippen LogP contribution in [0.5, 0.6) is 11.5 Å². The highest BCUT2D eigenvalue weighted by Crippen LogP contribution is 2.39. The minimum absolute atomic E-state index is 0.441. The number of aliphatic hydroxyl groups is 1. The minimum Gasteiger partial charge on any atom is -0.493 e. The van der Waals surface area contributed by atoms with Crippen LogP contribution >= 0.6 is 11.6 Å². The number of carbonyl (C=O) groups excluding carboxylic acids is 1. The molecule has 1 aromatic heterocycles. The Morgan fingerprint density at radius 2 is 1.87 bits per heavy atom. The monoisotopic (exact) mass is 427 g/mol. The Kier molecular flexibility index (Phi) is 6.82. The van der Waals surface area contributed by atoms with Crippen molar-refractivity contribution >= 4 is 23.6 Å². The minimum atomic E-state index is -1.04. The lowest BCUT2D eigenvalue weighted by Crippen LogP contribution is -2.08. The van der Waals surface area contributed by atoms with E-state index in [-0.39, 0.29) is 0 Å². The van der Waals surface area contributed by atoms with Crippen LogP contribution in [0.2, 0.25) is 5.02 Å². The second-order valence-corrected chi connectivity index (χ2v) is 6.78. The quantitative estimate of drug-likeness (QED) is 0.446. The van der Waals surface area contributed by atoms with Crippen molar-refractivity contribution in [3.63, 3.8) is 0 Å². The molecular formula is C23H22ClNO5. The first-order chi connectivity index (χ1) is 14.5. The summed E-state index contributed by atoms with van der Waals surface area (Å²) >= 11 is 6.25. The van der Waals surface area contributed by atoms with E-state index in [1.165, 1.54) is 20.3 Å². The van der Waals surface area contributed by atoms with Gasteiger partial charge in [0.05, 0.1) is 27.0 Å². The molecule has 6 nitrogen and oxygen atoms in total. The third-order valence-corrected chi connectivity index (χ3v) is 4.88. The van der Waals surface area contributed by atoms with Gasteiger partial charge in [-0.05, 0) is 42.5 Å². The number of para-hydroxylation sites is 1. The van der Waals surface area contributed by atoms with E-state index in [1.54, 1.807) is 43.5 Å². The van der Waals surface area contributed by atoms with Crippen LogP contribution in [0.4, 0.5) is 0 Å². The van der Waals surface area contributed by atoms with Gasteiger partial charge in [0.1, 0.15) is 6.10 Å². The van der Waals surface area contributed by atoms with Crippen molar-refractivity contribution in [1.29, 1.82) is 0 Å². The van der Waals surface area contributed by atoms with Crippen LogP contribution < -0.4 is 9.47 Å². The third-order valence-electron chi connectivity index (χ3n) is 4.64. The van der Waals surface area contributed by atoms with E-state index in [4.69, 9.17) is 21.1 Å². The number of methoxy groups -OCH3 is 3. The summed E-state index contributed by atoms with van der Waals surface area (Å²) in [4.78, 5) is 11.5. The van der Waals surface area contributed by atoms with Crippen molar-refractivity contribution in [2.45, 2.75) is 6.10 Å². The Morgan fingerprint density at radius 3 is 2.57 bits per heavy atom. The molecule has 0 aliphatic carbocycles. The van der Waals surface area contributed by atoms with Gasteiger partial charge in [0, 0.05) is 34.1 Å². The first-order valence-electron chi connectivity index (χ1n) is 9.12. The van der Waals surface area contributed by atoms with E-state index in [0.717, 1.165) is 5.69 Å². The molecule has 1 heterocycles. The van der Waals surface area contributed by atoms with Gasteiger partial charge in [-0.1, -0.05) is 23.7 Å². The van der Waals surface area contributed by atoms with E-state index < -0.39 is 12.1 Å². The van der Waals surface area contributed by atoms with Crippen LogP contribution in [0.25, 0.3) is 11.8 Å². The molecule has 0 aliphatic heterocycles. The molecule has 0 spiro atoms. The van der Waals surface area contributed by atoms with Gasteiger partial charge in [-0.3, -0.25) is 0 Å². The number of carbonyl (C=O) groups is 1. The van der Waals surface area contributed by atoms with E-state index in [9.17, 15) is 9.90 Å². The number of aliphatic hydroxyl groups excluding tert-OH is 1. The van der Waals surface area contributed by atoms with Crippen LogP contribution in [-0.2, 0) is 9.53 Å². The summed E-state index contributed by atoms with van der Waals surface area (Å²) in [6.07, 6.45) is 3.77. The molecule has 0 bridgehead atoms. The van der Waals surface area contributed by atoms with Gasteiger partial charge in [0.2, 0.25) is 0 Å². The Bertz CT molecular complexity index is 1070. The van der Waals surface area contributed by atoms with Gasteiger partial charge in [-0.2, -0.15) is 0 Å². The van der Waals surface area contributed by atoms with Gasteiger partial charge < -0.3 is 23.9 Å². The number of hydrogen-bond acceptors (Lipinski definition) is 5. The SMILES string of the molecule is COC(=O)C=Cc1cccn1-c1ccc(Cl)cc1C(O)c1cccc(OC)c1OC. The molecule has 3 rings (SSSR count). The molecule has 0 saturated heterocycles. The molecule has 2 aromatic carbocycles. The molecule has 0 fully saturated rings. The van der Waals surface area contributed by atoms with E-state index in [0.29, 0.717) is 33.3 Å². The summed E-state index contributed by atoms with van der Waals surface area (Å²) in [5.41, 5.74) is 2.54. The van der Waals surface area contributed by atoms with Crippen LogP contribution in [0.3, 0.4) is 0 Å². The average Bonchev–Trinajstić information content (AvgIpc) is 3.24. The molecule has 3 aromatic rings. The molecule has 156 valence electrons. The molecular weight excluding hydrogens is 406 g/mol. The maximum atomic E-state index is 11.5. The largest absolute Gasteiger partial charge is 0.493 e. The molecule has 0 saturated carbocycles. The van der Waals surface area contributed by atoms with Gasteiger partial charge >= 0.3 is 5.97 Å². The third kappa shape index (κ3) is 4.35. The highest BCUT2D eigenvalue weighted by atomic mass is 35.5. The van der Waals surface area contributed by atoms with Crippen molar-refractivity contribution in [2.24, 2.45) is 0 Å². The van der Waals surface area contributed by atoms with Crippen LogP contribution in [-0.4, -0.2) is 37.0 Å². The number of esters is 1. The lowest BCUT2D eigenvalue weighted by molar-refractivity contribution is -0.134. The fraction of sp³-hybridized carbons (Fsp3) is 0.174. The van der Waals surface area contributed by atoms with Gasteiger partial charge in [-0.15, -0.1) is 0 Å². The zero-order chi connectivity index (χ0) is 21.7. The fourth-order valence-electron chi connectivity index (χ4n) is 3.23. The summed E-state index contributed by atoms with van der Waals surface area (Å²) in [7, 11) is 4.38. The first kappa shape index (κ1) is 21.5. The maximum absolute atomic E-state index is 11.5. The molecule has 0 aliphatic rings.